The highest BCUT2D eigenvalue weighted by Crippen LogP contribution is 2.32. The van der Waals surface area contributed by atoms with Crippen LogP contribution in [0, 0.1) is 5.92 Å². The lowest BCUT2D eigenvalue weighted by atomic mass is 9.86. The SMILES string of the molecule is CCOc1ccc(C(C)C(C)Cc2cc(Oc3ccccc3)cs2)cc1. The summed E-state index contributed by atoms with van der Waals surface area (Å²) < 4.78 is 11.5. The molecule has 3 rings (SSSR count). The summed E-state index contributed by atoms with van der Waals surface area (Å²) in [6, 6.07) is 20.6. The Morgan fingerprint density at radius 3 is 2.31 bits per heavy atom. The average Bonchev–Trinajstić information content (AvgIpc) is 3.09. The summed E-state index contributed by atoms with van der Waals surface area (Å²) in [7, 11) is 0. The minimum Gasteiger partial charge on any atom is -0.494 e. The number of ether oxygens (including phenoxy) is 2. The molecular weight excluding hydrogens is 340 g/mol. The van der Waals surface area contributed by atoms with Crippen molar-refractivity contribution in [2.45, 2.75) is 33.1 Å². The molecule has 0 saturated carbocycles. The number of para-hydroxylation sites is 1. The molecule has 26 heavy (non-hydrogen) atoms. The summed E-state index contributed by atoms with van der Waals surface area (Å²) in [4.78, 5) is 1.36. The number of hydrogen-bond acceptors (Lipinski definition) is 3. The molecule has 3 aromatic rings. The van der Waals surface area contributed by atoms with Crippen molar-refractivity contribution in [3.8, 4) is 17.2 Å². The maximum atomic E-state index is 5.92. The van der Waals surface area contributed by atoms with Gasteiger partial charge in [0, 0.05) is 10.3 Å². The van der Waals surface area contributed by atoms with Crippen LogP contribution in [0.25, 0.3) is 0 Å². The first-order valence-electron chi connectivity index (χ1n) is 9.18. The molecule has 0 bridgehead atoms. The fraction of sp³-hybridized carbons (Fsp3) is 0.304. The molecule has 0 aliphatic rings. The Morgan fingerprint density at radius 1 is 0.885 bits per heavy atom. The summed E-state index contributed by atoms with van der Waals surface area (Å²) in [6.45, 7) is 7.33. The van der Waals surface area contributed by atoms with Gasteiger partial charge in [-0.15, -0.1) is 11.3 Å². The van der Waals surface area contributed by atoms with Crippen molar-refractivity contribution in [3.05, 3.63) is 76.5 Å². The average molecular weight is 367 g/mol. The van der Waals surface area contributed by atoms with E-state index >= 15 is 0 Å². The smallest absolute Gasteiger partial charge is 0.138 e. The van der Waals surface area contributed by atoms with Gasteiger partial charge in [0.15, 0.2) is 0 Å². The van der Waals surface area contributed by atoms with Crippen molar-refractivity contribution >= 4 is 11.3 Å². The fourth-order valence-electron chi connectivity index (χ4n) is 3.00. The molecule has 136 valence electrons. The molecule has 1 aromatic heterocycles. The van der Waals surface area contributed by atoms with Crippen LogP contribution < -0.4 is 9.47 Å². The van der Waals surface area contributed by atoms with E-state index in [2.05, 4.69) is 49.6 Å². The van der Waals surface area contributed by atoms with E-state index in [4.69, 9.17) is 9.47 Å². The number of hydrogen-bond donors (Lipinski definition) is 0. The zero-order valence-electron chi connectivity index (χ0n) is 15.6. The third kappa shape index (κ3) is 4.89. The first kappa shape index (κ1) is 18.5. The molecule has 0 fully saturated rings. The second kappa shape index (κ2) is 8.91. The van der Waals surface area contributed by atoms with E-state index < -0.39 is 0 Å². The number of thiophene rings is 1. The van der Waals surface area contributed by atoms with Crippen LogP contribution in [0.5, 0.6) is 17.2 Å². The molecule has 3 heteroatoms. The first-order chi connectivity index (χ1) is 12.7. The van der Waals surface area contributed by atoms with Gasteiger partial charge in [-0.25, -0.2) is 0 Å². The van der Waals surface area contributed by atoms with Crippen LogP contribution in [0.3, 0.4) is 0 Å². The Balaban J connectivity index is 1.59. The van der Waals surface area contributed by atoms with Crippen molar-refractivity contribution < 1.29 is 9.47 Å². The van der Waals surface area contributed by atoms with Gasteiger partial charge in [-0.05, 0) is 61.1 Å². The predicted octanol–water partition coefficient (Wildman–Crippen LogP) is 6.92. The van der Waals surface area contributed by atoms with Crippen molar-refractivity contribution in [1.29, 1.82) is 0 Å². The third-order valence-electron chi connectivity index (χ3n) is 4.70. The van der Waals surface area contributed by atoms with Crippen molar-refractivity contribution in [1.82, 2.24) is 0 Å². The van der Waals surface area contributed by atoms with Crippen molar-refractivity contribution in [2.75, 3.05) is 6.61 Å². The lowest BCUT2D eigenvalue weighted by Gasteiger charge is -2.20. The molecule has 0 amide bonds. The zero-order chi connectivity index (χ0) is 18.4. The highest BCUT2D eigenvalue weighted by molar-refractivity contribution is 7.10. The Morgan fingerprint density at radius 2 is 1.62 bits per heavy atom. The second-order valence-electron chi connectivity index (χ2n) is 6.64. The van der Waals surface area contributed by atoms with Crippen LogP contribution in [-0.4, -0.2) is 6.61 Å². The van der Waals surface area contributed by atoms with Crippen molar-refractivity contribution in [3.63, 3.8) is 0 Å². The summed E-state index contributed by atoms with van der Waals surface area (Å²) in [5, 5.41) is 2.09. The van der Waals surface area contributed by atoms with E-state index in [1.54, 1.807) is 11.3 Å². The largest absolute Gasteiger partial charge is 0.494 e. The Bertz CT molecular complexity index is 793. The molecule has 0 aliphatic carbocycles. The van der Waals surface area contributed by atoms with E-state index in [0.29, 0.717) is 18.4 Å². The van der Waals surface area contributed by atoms with Gasteiger partial charge in [0.1, 0.15) is 17.2 Å². The van der Waals surface area contributed by atoms with E-state index in [0.717, 1.165) is 23.7 Å². The first-order valence-corrected chi connectivity index (χ1v) is 10.1. The third-order valence-corrected chi connectivity index (χ3v) is 5.64. The van der Waals surface area contributed by atoms with Crippen LogP contribution in [0.15, 0.2) is 66.0 Å². The van der Waals surface area contributed by atoms with E-state index in [1.165, 1.54) is 10.4 Å². The van der Waals surface area contributed by atoms with Crippen molar-refractivity contribution in [2.24, 2.45) is 5.92 Å². The molecule has 0 saturated heterocycles. The molecule has 2 nitrogen and oxygen atoms in total. The van der Waals surface area contributed by atoms with Crippen LogP contribution in [0.2, 0.25) is 0 Å². The number of rotatable bonds is 8. The minimum absolute atomic E-state index is 0.492. The van der Waals surface area contributed by atoms with Crippen LogP contribution in [0.1, 0.15) is 37.1 Å². The normalized spacial score (nSPS) is 13.2. The van der Waals surface area contributed by atoms with Gasteiger partial charge < -0.3 is 9.47 Å². The Labute approximate surface area is 160 Å². The van der Waals surface area contributed by atoms with Crippen LogP contribution in [-0.2, 0) is 6.42 Å². The zero-order valence-corrected chi connectivity index (χ0v) is 16.5. The Hall–Kier alpha value is -2.26. The van der Waals surface area contributed by atoms with Crippen LogP contribution >= 0.6 is 11.3 Å². The molecular formula is C23H26O2S. The molecule has 2 unspecified atom stereocenters. The standard InChI is InChI=1S/C23H26O2S/c1-4-24-20-12-10-19(11-13-20)18(3)17(2)14-23-15-22(16-26-23)25-21-8-6-5-7-9-21/h5-13,15-18H,4,14H2,1-3H3. The predicted molar refractivity (Wildman–Crippen MR) is 110 cm³/mol. The fourth-order valence-corrected chi connectivity index (χ4v) is 3.93. The molecule has 0 radical (unpaired) electrons. The Kier molecular flexibility index (Phi) is 6.35. The van der Waals surface area contributed by atoms with Crippen LogP contribution in [0.4, 0.5) is 0 Å². The maximum absolute atomic E-state index is 5.92. The van der Waals surface area contributed by atoms with Gasteiger partial charge in [0.2, 0.25) is 0 Å². The van der Waals surface area contributed by atoms with Gasteiger partial charge in [-0.3, -0.25) is 0 Å². The summed E-state index contributed by atoms with van der Waals surface area (Å²) in [5.41, 5.74) is 1.36. The maximum Gasteiger partial charge on any atom is 0.138 e. The summed E-state index contributed by atoms with van der Waals surface area (Å²) in [5.74, 6) is 3.80. The lowest BCUT2D eigenvalue weighted by molar-refractivity contribution is 0.340. The van der Waals surface area contributed by atoms with Gasteiger partial charge >= 0.3 is 0 Å². The molecule has 2 atom stereocenters. The molecule has 2 aromatic carbocycles. The van der Waals surface area contributed by atoms with Gasteiger partial charge in [-0.2, -0.15) is 0 Å². The van der Waals surface area contributed by atoms with Gasteiger partial charge in [0.05, 0.1) is 6.61 Å². The van der Waals surface area contributed by atoms with Gasteiger partial charge in [-0.1, -0.05) is 44.2 Å². The van der Waals surface area contributed by atoms with E-state index in [9.17, 15) is 0 Å². The van der Waals surface area contributed by atoms with E-state index in [1.807, 2.05) is 37.3 Å². The highest BCUT2D eigenvalue weighted by atomic mass is 32.1. The lowest BCUT2D eigenvalue weighted by Crippen LogP contribution is -2.08. The van der Waals surface area contributed by atoms with E-state index in [-0.39, 0.29) is 0 Å². The van der Waals surface area contributed by atoms with Gasteiger partial charge in [0.25, 0.3) is 0 Å². The molecule has 1 heterocycles. The monoisotopic (exact) mass is 366 g/mol. The minimum atomic E-state index is 0.492. The second-order valence-corrected chi connectivity index (χ2v) is 7.63. The quantitative estimate of drug-likeness (QED) is 0.431. The number of benzene rings is 2. The summed E-state index contributed by atoms with van der Waals surface area (Å²) >= 11 is 1.77. The summed E-state index contributed by atoms with van der Waals surface area (Å²) in [6.07, 6.45) is 1.05. The molecule has 0 spiro atoms. The molecule has 0 aliphatic heterocycles. The highest BCUT2D eigenvalue weighted by Gasteiger charge is 2.16. The topological polar surface area (TPSA) is 18.5 Å². The molecule has 0 N–H and O–H groups in total.